The molecule has 4 heteroatoms. The molecule has 0 fully saturated rings. The highest BCUT2D eigenvalue weighted by Gasteiger charge is 2.18. The van der Waals surface area contributed by atoms with Crippen LogP contribution < -0.4 is 10.3 Å². The van der Waals surface area contributed by atoms with Gasteiger partial charge in [0.15, 0.2) is 0 Å². The van der Waals surface area contributed by atoms with Crippen molar-refractivity contribution in [3.63, 3.8) is 0 Å². The Morgan fingerprint density at radius 1 is 1.38 bits per heavy atom. The Morgan fingerprint density at radius 3 is 3.12 bits per heavy atom. The minimum Gasteiger partial charge on any atom is -0.491 e. The Kier molecular flexibility index (Phi) is 1.97. The minimum absolute atomic E-state index is 0.121. The Morgan fingerprint density at radius 2 is 2.25 bits per heavy atom. The zero-order valence-electron chi connectivity index (χ0n) is 8.56. The topological polar surface area (TPSA) is 62.3 Å². The van der Waals surface area contributed by atoms with Crippen LogP contribution in [0.4, 0.5) is 0 Å². The van der Waals surface area contributed by atoms with Gasteiger partial charge in [-0.1, -0.05) is 0 Å². The maximum atomic E-state index is 11.2. The van der Waals surface area contributed by atoms with Crippen LogP contribution in [0.2, 0.25) is 0 Å². The maximum Gasteiger partial charge on any atom is 0.248 e. The summed E-state index contributed by atoms with van der Waals surface area (Å²) < 4.78 is 5.43. The average Bonchev–Trinajstić information content (AvgIpc) is 2.26. The quantitative estimate of drug-likeness (QED) is 0.686. The Balaban J connectivity index is 2.23. The third-order valence-electron chi connectivity index (χ3n) is 2.79. The molecule has 1 unspecified atom stereocenters. The molecule has 1 atom stereocenters. The molecule has 0 bridgehead atoms. The summed E-state index contributed by atoms with van der Waals surface area (Å²) in [5, 5.41) is 10.4. The zero-order chi connectivity index (χ0) is 11.1. The standard InChI is InChI=1S/C12H11NO3/c14-9-3-8-4-10-7(1-2-12(15)13-10)5-11(8)16-6-9/h1-2,4-5,9,14H,3,6H2,(H,13,15). The molecule has 16 heavy (non-hydrogen) atoms. The molecule has 0 aliphatic carbocycles. The van der Waals surface area contributed by atoms with E-state index in [1.54, 1.807) is 6.07 Å². The predicted molar refractivity (Wildman–Crippen MR) is 59.8 cm³/mol. The first-order valence-electron chi connectivity index (χ1n) is 5.19. The second-order valence-electron chi connectivity index (χ2n) is 4.04. The fraction of sp³-hybridized carbons (Fsp3) is 0.250. The number of ether oxygens (including phenoxy) is 1. The van der Waals surface area contributed by atoms with Gasteiger partial charge in [0.2, 0.25) is 5.56 Å². The third kappa shape index (κ3) is 1.47. The molecule has 0 amide bonds. The highest BCUT2D eigenvalue weighted by atomic mass is 16.5. The number of aliphatic hydroxyl groups is 1. The first kappa shape index (κ1) is 9.42. The van der Waals surface area contributed by atoms with Crippen LogP contribution >= 0.6 is 0 Å². The predicted octanol–water partition coefficient (Wildman–Crippen LogP) is 0.824. The molecule has 0 saturated heterocycles. The summed E-state index contributed by atoms with van der Waals surface area (Å²) >= 11 is 0. The fourth-order valence-corrected chi connectivity index (χ4v) is 2.02. The number of H-pyrrole nitrogens is 1. The summed E-state index contributed by atoms with van der Waals surface area (Å²) in [5.74, 6) is 0.796. The van der Waals surface area contributed by atoms with Gasteiger partial charge in [-0.2, -0.15) is 0 Å². The number of aromatic nitrogens is 1. The van der Waals surface area contributed by atoms with E-state index in [-0.39, 0.29) is 5.56 Å². The van der Waals surface area contributed by atoms with E-state index in [0.717, 1.165) is 22.2 Å². The van der Waals surface area contributed by atoms with Crippen molar-refractivity contribution in [1.29, 1.82) is 0 Å². The molecule has 0 saturated carbocycles. The molecule has 2 aromatic rings. The summed E-state index contributed by atoms with van der Waals surface area (Å²) in [7, 11) is 0. The SMILES string of the molecule is O=c1ccc2cc3c(cc2[nH]1)CC(O)CO3. The van der Waals surface area contributed by atoms with E-state index in [2.05, 4.69) is 4.98 Å². The van der Waals surface area contributed by atoms with Crippen LogP contribution in [0.3, 0.4) is 0 Å². The summed E-state index contributed by atoms with van der Waals surface area (Å²) in [4.78, 5) is 13.9. The molecule has 0 radical (unpaired) electrons. The molecule has 82 valence electrons. The number of aromatic amines is 1. The molecule has 2 heterocycles. The van der Waals surface area contributed by atoms with Crippen LogP contribution in [0.25, 0.3) is 10.9 Å². The van der Waals surface area contributed by atoms with E-state index in [1.165, 1.54) is 6.07 Å². The summed E-state index contributed by atoms with van der Waals surface area (Å²) in [6.45, 7) is 0.335. The van der Waals surface area contributed by atoms with E-state index in [1.807, 2.05) is 12.1 Å². The summed E-state index contributed by atoms with van der Waals surface area (Å²) in [6, 6.07) is 7.02. The van der Waals surface area contributed by atoms with Crippen molar-refractivity contribution in [1.82, 2.24) is 4.98 Å². The first-order valence-corrected chi connectivity index (χ1v) is 5.19. The lowest BCUT2D eigenvalue weighted by molar-refractivity contribution is 0.0923. The van der Waals surface area contributed by atoms with Gasteiger partial charge < -0.3 is 14.8 Å². The second kappa shape index (κ2) is 3.35. The maximum absolute atomic E-state index is 11.2. The van der Waals surface area contributed by atoms with Gasteiger partial charge in [0, 0.05) is 23.4 Å². The van der Waals surface area contributed by atoms with Crippen molar-refractivity contribution in [2.75, 3.05) is 6.61 Å². The first-order chi connectivity index (χ1) is 7.72. The van der Waals surface area contributed by atoms with Crippen LogP contribution in [0, 0.1) is 0 Å². The number of nitrogens with one attached hydrogen (secondary N) is 1. The molecule has 1 aromatic heterocycles. The van der Waals surface area contributed by atoms with E-state index < -0.39 is 6.10 Å². The molecule has 3 rings (SSSR count). The molecular formula is C12H11NO3. The monoisotopic (exact) mass is 217 g/mol. The van der Waals surface area contributed by atoms with Crippen molar-refractivity contribution in [3.05, 3.63) is 40.2 Å². The minimum atomic E-state index is -0.458. The zero-order valence-corrected chi connectivity index (χ0v) is 8.56. The smallest absolute Gasteiger partial charge is 0.248 e. The van der Waals surface area contributed by atoms with Gasteiger partial charge in [-0.3, -0.25) is 4.79 Å². The number of rotatable bonds is 0. The largest absolute Gasteiger partial charge is 0.491 e. The van der Waals surface area contributed by atoms with Crippen LogP contribution in [0.5, 0.6) is 5.75 Å². The Labute approximate surface area is 91.5 Å². The highest BCUT2D eigenvalue weighted by Crippen LogP contribution is 2.28. The lowest BCUT2D eigenvalue weighted by Crippen LogP contribution is -2.25. The Bertz CT molecular complexity index is 603. The van der Waals surface area contributed by atoms with Gasteiger partial charge in [0.05, 0.1) is 6.10 Å². The summed E-state index contributed by atoms with van der Waals surface area (Å²) in [6.07, 6.45) is 0.114. The van der Waals surface area contributed by atoms with Gasteiger partial charge in [-0.15, -0.1) is 0 Å². The van der Waals surface area contributed by atoms with Gasteiger partial charge in [0.25, 0.3) is 0 Å². The van der Waals surface area contributed by atoms with E-state index in [0.29, 0.717) is 13.0 Å². The molecule has 1 aromatic carbocycles. The third-order valence-corrected chi connectivity index (χ3v) is 2.79. The van der Waals surface area contributed by atoms with Crippen LogP contribution in [0.15, 0.2) is 29.1 Å². The number of pyridine rings is 1. The van der Waals surface area contributed by atoms with Gasteiger partial charge >= 0.3 is 0 Å². The molecule has 2 N–H and O–H groups in total. The highest BCUT2D eigenvalue weighted by molar-refractivity contribution is 5.81. The molecule has 1 aliphatic rings. The Hall–Kier alpha value is -1.81. The molecule has 1 aliphatic heterocycles. The molecular weight excluding hydrogens is 206 g/mol. The lowest BCUT2D eigenvalue weighted by Gasteiger charge is -2.21. The van der Waals surface area contributed by atoms with Crippen LogP contribution in [-0.2, 0) is 6.42 Å². The lowest BCUT2D eigenvalue weighted by atomic mass is 10.0. The van der Waals surface area contributed by atoms with Gasteiger partial charge in [-0.05, 0) is 23.8 Å². The van der Waals surface area contributed by atoms with Crippen molar-refractivity contribution in [2.45, 2.75) is 12.5 Å². The van der Waals surface area contributed by atoms with Gasteiger partial charge in [0.1, 0.15) is 12.4 Å². The van der Waals surface area contributed by atoms with Crippen molar-refractivity contribution in [2.24, 2.45) is 0 Å². The van der Waals surface area contributed by atoms with Crippen molar-refractivity contribution >= 4 is 10.9 Å². The number of hydrogen-bond donors (Lipinski definition) is 2. The van der Waals surface area contributed by atoms with Crippen molar-refractivity contribution in [3.8, 4) is 5.75 Å². The molecule has 0 spiro atoms. The second-order valence-corrected chi connectivity index (χ2v) is 4.04. The normalized spacial score (nSPS) is 19.2. The average molecular weight is 217 g/mol. The number of fused-ring (bicyclic) bond motifs is 2. The van der Waals surface area contributed by atoms with E-state index >= 15 is 0 Å². The number of benzene rings is 1. The van der Waals surface area contributed by atoms with Gasteiger partial charge in [-0.25, -0.2) is 0 Å². The fourth-order valence-electron chi connectivity index (χ4n) is 2.02. The molecule has 4 nitrogen and oxygen atoms in total. The number of aliphatic hydroxyl groups excluding tert-OH is 1. The van der Waals surface area contributed by atoms with E-state index in [4.69, 9.17) is 4.74 Å². The van der Waals surface area contributed by atoms with Crippen LogP contribution in [0.1, 0.15) is 5.56 Å². The van der Waals surface area contributed by atoms with Crippen LogP contribution in [-0.4, -0.2) is 22.8 Å². The van der Waals surface area contributed by atoms with Crippen molar-refractivity contribution < 1.29 is 9.84 Å². The van der Waals surface area contributed by atoms with E-state index in [9.17, 15) is 9.90 Å². The number of hydrogen-bond acceptors (Lipinski definition) is 3. The summed E-state index contributed by atoms with van der Waals surface area (Å²) in [5.41, 5.74) is 1.60.